The van der Waals surface area contributed by atoms with Crippen molar-refractivity contribution in [2.45, 2.75) is 34.1 Å². The Bertz CT molecular complexity index is 279. The van der Waals surface area contributed by atoms with Gasteiger partial charge in [0.25, 0.3) is 0 Å². The molecule has 0 aliphatic carbocycles. The highest BCUT2D eigenvalue weighted by Crippen LogP contribution is 2.16. The van der Waals surface area contributed by atoms with E-state index in [4.69, 9.17) is 0 Å². The molecule has 16 heavy (non-hydrogen) atoms. The van der Waals surface area contributed by atoms with Crippen LogP contribution >= 0.6 is 0 Å². The zero-order valence-electron chi connectivity index (χ0n) is 10.6. The summed E-state index contributed by atoms with van der Waals surface area (Å²) < 4.78 is 4.55. The number of rotatable bonds is 6. The van der Waals surface area contributed by atoms with Crippen molar-refractivity contribution in [3.05, 3.63) is 0 Å². The van der Waals surface area contributed by atoms with Gasteiger partial charge in [-0.25, -0.2) is 0 Å². The molecule has 0 fully saturated rings. The van der Waals surface area contributed by atoms with Crippen molar-refractivity contribution in [1.82, 2.24) is 0 Å². The first kappa shape index (κ1) is 14.8. The second-order valence-electron chi connectivity index (χ2n) is 4.46. The molecule has 0 saturated carbocycles. The first-order chi connectivity index (χ1) is 7.31. The molecule has 0 aromatic heterocycles. The standard InChI is InChI=1S/C12H20O4/c1-7(2)10(13)6-9(12(15)16-5)11(14)8(3)4/h7-9H,6H2,1-5H3. The molecule has 0 radical (unpaired) electrons. The molecular weight excluding hydrogens is 208 g/mol. The Balaban J connectivity index is 4.76. The van der Waals surface area contributed by atoms with E-state index < -0.39 is 11.9 Å². The van der Waals surface area contributed by atoms with E-state index >= 15 is 0 Å². The highest BCUT2D eigenvalue weighted by molar-refractivity contribution is 6.03. The molecule has 4 heteroatoms. The number of esters is 1. The Morgan fingerprint density at radius 3 is 1.81 bits per heavy atom. The highest BCUT2D eigenvalue weighted by Gasteiger charge is 2.31. The summed E-state index contributed by atoms with van der Waals surface area (Å²) in [6.45, 7) is 6.91. The summed E-state index contributed by atoms with van der Waals surface area (Å²) in [6.07, 6.45) is -0.0542. The second kappa shape index (κ2) is 6.40. The van der Waals surface area contributed by atoms with Crippen LogP contribution in [0.1, 0.15) is 34.1 Å². The minimum Gasteiger partial charge on any atom is -0.468 e. The van der Waals surface area contributed by atoms with Gasteiger partial charge in [-0.1, -0.05) is 27.7 Å². The van der Waals surface area contributed by atoms with Gasteiger partial charge in [-0.3, -0.25) is 14.4 Å². The highest BCUT2D eigenvalue weighted by atomic mass is 16.5. The van der Waals surface area contributed by atoms with Crippen molar-refractivity contribution in [2.24, 2.45) is 17.8 Å². The van der Waals surface area contributed by atoms with Crippen LogP contribution in [0, 0.1) is 17.8 Å². The lowest BCUT2D eigenvalue weighted by molar-refractivity contribution is -0.152. The maximum atomic E-state index is 11.7. The maximum Gasteiger partial charge on any atom is 0.316 e. The Labute approximate surface area is 96.4 Å². The van der Waals surface area contributed by atoms with Crippen LogP contribution in [0.5, 0.6) is 0 Å². The lowest BCUT2D eigenvalue weighted by Crippen LogP contribution is -2.31. The predicted molar refractivity (Wildman–Crippen MR) is 59.8 cm³/mol. The molecule has 1 unspecified atom stereocenters. The van der Waals surface area contributed by atoms with E-state index in [9.17, 15) is 14.4 Å². The zero-order valence-corrected chi connectivity index (χ0v) is 10.6. The third kappa shape index (κ3) is 4.13. The Hall–Kier alpha value is -1.19. The van der Waals surface area contributed by atoms with Crippen LogP contribution in [0.2, 0.25) is 0 Å². The molecular formula is C12H20O4. The number of hydrogen-bond donors (Lipinski definition) is 0. The molecule has 1 atom stereocenters. The summed E-state index contributed by atoms with van der Waals surface area (Å²) in [5.41, 5.74) is 0. The fraction of sp³-hybridized carbons (Fsp3) is 0.750. The number of carbonyl (C=O) groups is 3. The molecule has 92 valence electrons. The molecule has 0 saturated heterocycles. The van der Waals surface area contributed by atoms with Gasteiger partial charge in [-0.05, 0) is 0 Å². The average molecular weight is 228 g/mol. The Kier molecular flexibility index (Phi) is 5.93. The molecule has 0 amide bonds. The maximum absolute atomic E-state index is 11.7. The van der Waals surface area contributed by atoms with Crippen molar-refractivity contribution in [1.29, 1.82) is 0 Å². The van der Waals surface area contributed by atoms with Gasteiger partial charge in [0.2, 0.25) is 0 Å². The minimum absolute atomic E-state index is 0.0542. The molecule has 0 rings (SSSR count). The van der Waals surface area contributed by atoms with Gasteiger partial charge in [0.1, 0.15) is 17.5 Å². The second-order valence-corrected chi connectivity index (χ2v) is 4.46. The summed E-state index contributed by atoms with van der Waals surface area (Å²) in [4.78, 5) is 34.7. The molecule has 0 spiro atoms. The molecule has 0 N–H and O–H groups in total. The number of ketones is 2. The lowest BCUT2D eigenvalue weighted by atomic mass is 9.88. The van der Waals surface area contributed by atoms with Gasteiger partial charge in [0, 0.05) is 18.3 Å². The Morgan fingerprint density at radius 1 is 1.00 bits per heavy atom. The summed E-state index contributed by atoms with van der Waals surface area (Å²) >= 11 is 0. The van der Waals surface area contributed by atoms with Crippen molar-refractivity contribution in [2.75, 3.05) is 7.11 Å². The van der Waals surface area contributed by atoms with E-state index in [1.165, 1.54) is 7.11 Å². The molecule has 4 nitrogen and oxygen atoms in total. The van der Waals surface area contributed by atoms with Crippen molar-refractivity contribution in [3.63, 3.8) is 0 Å². The smallest absolute Gasteiger partial charge is 0.316 e. The molecule has 0 aliphatic heterocycles. The van der Waals surface area contributed by atoms with Gasteiger partial charge in [0.15, 0.2) is 0 Å². The van der Waals surface area contributed by atoms with Gasteiger partial charge in [-0.15, -0.1) is 0 Å². The van der Waals surface area contributed by atoms with Crippen molar-refractivity contribution in [3.8, 4) is 0 Å². The molecule has 0 bridgehead atoms. The number of ether oxygens (including phenoxy) is 1. The third-order valence-corrected chi connectivity index (χ3v) is 2.45. The van der Waals surface area contributed by atoms with E-state index in [0.29, 0.717) is 0 Å². The van der Waals surface area contributed by atoms with E-state index in [1.807, 2.05) is 0 Å². The third-order valence-electron chi connectivity index (χ3n) is 2.45. The van der Waals surface area contributed by atoms with E-state index in [0.717, 1.165) is 0 Å². The summed E-state index contributed by atoms with van der Waals surface area (Å²) in [7, 11) is 1.22. The number of methoxy groups -OCH3 is 1. The fourth-order valence-corrected chi connectivity index (χ4v) is 1.28. The summed E-state index contributed by atoms with van der Waals surface area (Å²) in [6, 6.07) is 0. The number of Topliss-reactive ketones (excluding diaryl/α,β-unsaturated/α-hetero) is 2. The van der Waals surface area contributed by atoms with Crippen molar-refractivity contribution < 1.29 is 19.1 Å². The molecule has 0 aromatic carbocycles. The van der Waals surface area contributed by atoms with E-state index in [1.54, 1.807) is 27.7 Å². The van der Waals surface area contributed by atoms with Crippen LogP contribution in [0.3, 0.4) is 0 Å². The normalized spacial score (nSPS) is 12.7. The number of hydrogen-bond acceptors (Lipinski definition) is 4. The quantitative estimate of drug-likeness (QED) is 0.512. The minimum atomic E-state index is -0.945. The SMILES string of the molecule is COC(=O)C(CC(=O)C(C)C)C(=O)C(C)C. The van der Waals surface area contributed by atoms with Gasteiger partial charge in [0.05, 0.1) is 7.11 Å². The first-order valence-electron chi connectivity index (χ1n) is 5.45. The van der Waals surface area contributed by atoms with Crippen LogP contribution < -0.4 is 0 Å². The van der Waals surface area contributed by atoms with Crippen LogP contribution in [-0.2, 0) is 19.1 Å². The van der Waals surface area contributed by atoms with Crippen LogP contribution in [0.25, 0.3) is 0 Å². The first-order valence-corrected chi connectivity index (χ1v) is 5.45. The largest absolute Gasteiger partial charge is 0.468 e. The summed E-state index contributed by atoms with van der Waals surface area (Å²) in [5, 5.41) is 0. The van der Waals surface area contributed by atoms with Crippen molar-refractivity contribution >= 4 is 17.5 Å². The van der Waals surface area contributed by atoms with Crippen LogP contribution in [-0.4, -0.2) is 24.6 Å². The van der Waals surface area contributed by atoms with Crippen LogP contribution in [0.15, 0.2) is 0 Å². The fourth-order valence-electron chi connectivity index (χ4n) is 1.28. The molecule has 0 aliphatic rings. The average Bonchev–Trinajstić information content (AvgIpc) is 2.23. The van der Waals surface area contributed by atoms with E-state index in [-0.39, 0.29) is 29.8 Å². The van der Waals surface area contributed by atoms with Crippen LogP contribution in [0.4, 0.5) is 0 Å². The monoisotopic (exact) mass is 228 g/mol. The van der Waals surface area contributed by atoms with Gasteiger partial charge < -0.3 is 4.74 Å². The molecule has 0 aromatic rings. The zero-order chi connectivity index (χ0) is 12.9. The molecule has 0 heterocycles. The van der Waals surface area contributed by atoms with Gasteiger partial charge in [-0.2, -0.15) is 0 Å². The topological polar surface area (TPSA) is 60.4 Å². The Morgan fingerprint density at radius 2 is 1.50 bits per heavy atom. The van der Waals surface area contributed by atoms with E-state index in [2.05, 4.69) is 4.74 Å². The predicted octanol–water partition coefficient (Wildman–Crippen LogP) is 1.62. The van der Waals surface area contributed by atoms with Gasteiger partial charge >= 0.3 is 5.97 Å². The summed E-state index contributed by atoms with van der Waals surface area (Å²) in [5.74, 6) is -2.34. The number of carbonyl (C=O) groups excluding carboxylic acids is 3. The lowest BCUT2D eigenvalue weighted by Gasteiger charge is -2.15.